The quantitative estimate of drug-likeness (QED) is 0.324. The summed E-state index contributed by atoms with van der Waals surface area (Å²) in [6.07, 6.45) is 15.4. The van der Waals surface area contributed by atoms with Gasteiger partial charge >= 0.3 is 0 Å². The summed E-state index contributed by atoms with van der Waals surface area (Å²) in [7, 11) is 0. The summed E-state index contributed by atoms with van der Waals surface area (Å²) >= 11 is 0. The first kappa shape index (κ1) is 20.2. The van der Waals surface area contributed by atoms with E-state index >= 15 is 0 Å². The molecule has 2 rings (SSSR count). The largest absolute Gasteiger partial charge is 0.366 e. The van der Waals surface area contributed by atoms with Crippen LogP contribution in [0.1, 0.15) is 90.9 Å². The van der Waals surface area contributed by atoms with E-state index in [1.165, 1.54) is 57.8 Å². The van der Waals surface area contributed by atoms with Gasteiger partial charge in [0.1, 0.15) is 12.2 Å². The Bertz CT molecular complexity index is 323. The second-order valence-corrected chi connectivity index (χ2v) is 7.64. The SMILES string of the molecule is CCCCCCCCCCCCOC1OC1CCC(C)C1OC1O. The molecule has 2 heterocycles. The number of hydrogen-bond acceptors (Lipinski definition) is 4. The van der Waals surface area contributed by atoms with Crippen LogP contribution in [0.2, 0.25) is 0 Å². The Labute approximate surface area is 148 Å². The number of unbranched alkanes of at least 4 members (excludes halogenated alkanes) is 9. The van der Waals surface area contributed by atoms with Crippen LogP contribution in [0.4, 0.5) is 0 Å². The maximum atomic E-state index is 9.22. The summed E-state index contributed by atoms with van der Waals surface area (Å²) in [5.74, 6) is 0.409. The Balaban J connectivity index is 1.29. The van der Waals surface area contributed by atoms with Crippen molar-refractivity contribution >= 4 is 0 Å². The number of aliphatic hydroxyl groups is 1. The van der Waals surface area contributed by atoms with Crippen molar-refractivity contribution < 1.29 is 19.3 Å². The molecule has 0 aromatic carbocycles. The molecule has 0 aromatic heterocycles. The minimum Gasteiger partial charge on any atom is -0.366 e. The van der Waals surface area contributed by atoms with E-state index in [4.69, 9.17) is 14.2 Å². The molecule has 0 saturated carbocycles. The summed E-state index contributed by atoms with van der Waals surface area (Å²) in [5, 5.41) is 9.22. The van der Waals surface area contributed by atoms with Crippen LogP contribution in [-0.4, -0.2) is 36.5 Å². The highest BCUT2D eigenvalue weighted by Gasteiger charge is 2.44. The number of rotatable bonds is 16. The monoisotopic (exact) mass is 342 g/mol. The van der Waals surface area contributed by atoms with Crippen LogP contribution in [0.5, 0.6) is 0 Å². The fourth-order valence-corrected chi connectivity index (χ4v) is 3.39. The highest BCUT2D eigenvalue weighted by Crippen LogP contribution is 2.34. The van der Waals surface area contributed by atoms with Crippen molar-refractivity contribution in [2.45, 2.75) is 116 Å². The first-order valence-corrected chi connectivity index (χ1v) is 10.3. The van der Waals surface area contributed by atoms with E-state index < -0.39 is 6.29 Å². The van der Waals surface area contributed by atoms with Gasteiger partial charge in [-0.2, -0.15) is 0 Å². The first-order valence-electron chi connectivity index (χ1n) is 10.3. The van der Waals surface area contributed by atoms with Gasteiger partial charge in [0.2, 0.25) is 0 Å². The Hall–Kier alpha value is -0.160. The smallest absolute Gasteiger partial charge is 0.184 e. The molecule has 0 aromatic rings. The van der Waals surface area contributed by atoms with Gasteiger partial charge in [0.25, 0.3) is 0 Å². The lowest BCUT2D eigenvalue weighted by atomic mass is 10.0. The lowest BCUT2D eigenvalue weighted by Gasteiger charge is -2.05. The molecule has 0 amide bonds. The topological polar surface area (TPSA) is 54.5 Å². The Kier molecular flexibility index (Phi) is 9.62. The van der Waals surface area contributed by atoms with Crippen LogP contribution in [-0.2, 0) is 14.2 Å². The molecule has 0 radical (unpaired) electrons. The van der Waals surface area contributed by atoms with Gasteiger partial charge in [0.15, 0.2) is 12.6 Å². The maximum absolute atomic E-state index is 9.22. The highest BCUT2D eigenvalue weighted by atomic mass is 16.8. The zero-order chi connectivity index (χ0) is 17.2. The second-order valence-electron chi connectivity index (χ2n) is 7.64. The third kappa shape index (κ3) is 8.28. The molecule has 2 saturated heterocycles. The van der Waals surface area contributed by atoms with Crippen molar-refractivity contribution in [3.8, 4) is 0 Å². The molecular formula is C20H38O4. The standard InChI is InChI=1S/C20H38O4/c1-3-4-5-6-7-8-9-10-11-12-15-22-20-17(23-20)14-13-16(2)18-19(21)24-18/h16-21H,3-15H2,1-2H3. The van der Waals surface area contributed by atoms with E-state index in [2.05, 4.69) is 13.8 Å². The second kappa shape index (κ2) is 11.5. The summed E-state index contributed by atoms with van der Waals surface area (Å²) in [6.45, 7) is 5.23. The minimum absolute atomic E-state index is 0.0285. The van der Waals surface area contributed by atoms with Crippen LogP contribution < -0.4 is 0 Å². The molecule has 24 heavy (non-hydrogen) atoms. The molecule has 2 fully saturated rings. The molecule has 0 bridgehead atoms. The molecule has 2 aliphatic rings. The predicted octanol–water partition coefficient (Wildman–Crippen LogP) is 4.78. The molecule has 4 heteroatoms. The third-order valence-electron chi connectivity index (χ3n) is 5.28. The van der Waals surface area contributed by atoms with E-state index in [1.54, 1.807) is 0 Å². The lowest BCUT2D eigenvalue weighted by Crippen LogP contribution is -2.09. The van der Waals surface area contributed by atoms with E-state index in [9.17, 15) is 5.11 Å². The molecule has 0 spiro atoms. The van der Waals surface area contributed by atoms with Crippen LogP contribution in [0, 0.1) is 5.92 Å². The van der Waals surface area contributed by atoms with Gasteiger partial charge in [0.05, 0.1) is 0 Å². The first-order chi connectivity index (χ1) is 11.7. The molecule has 5 unspecified atom stereocenters. The van der Waals surface area contributed by atoms with Gasteiger partial charge in [-0.3, -0.25) is 0 Å². The fraction of sp³-hybridized carbons (Fsp3) is 1.00. The van der Waals surface area contributed by atoms with Crippen molar-refractivity contribution in [3.63, 3.8) is 0 Å². The van der Waals surface area contributed by atoms with Gasteiger partial charge in [-0.1, -0.05) is 71.6 Å². The van der Waals surface area contributed by atoms with Crippen molar-refractivity contribution in [1.29, 1.82) is 0 Å². The van der Waals surface area contributed by atoms with Gasteiger partial charge in [0, 0.05) is 6.61 Å². The molecule has 2 aliphatic heterocycles. The zero-order valence-corrected chi connectivity index (χ0v) is 15.8. The van der Waals surface area contributed by atoms with Crippen LogP contribution in [0.15, 0.2) is 0 Å². The Morgan fingerprint density at radius 2 is 1.50 bits per heavy atom. The summed E-state index contributed by atoms with van der Waals surface area (Å²) < 4.78 is 16.4. The van der Waals surface area contributed by atoms with Crippen LogP contribution in [0.3, 0.4) is 0 Å². The minimum atomic E-state index is -0.525. The number of epoxide rings is 2. The molecule has 1 N–H and O–H groups in total. The molecular weight excluding hydrogens is 304 g/mol. The normalized spacial score (nSPS) is 29.6. The van der Waals surface area contributed by atoms with Gasteiger partial charge < -0.3 is 19.3 Å². The van der Waals surface area contributed by atoms with Gasteiger partial charge in [-0.05, 0) is 25.2 Å². The third-order valence-corrected chi connectivity index (χ3v) is 5.28. The Morgan fingerprint density at radius 1 is 0.917 bits per heavy atom. The number of hydrogen-bond donors (Lipinski definition) is 1. The van der Waals surface area contributed by atoms with Crippen molar-refractivity contribution in [3.05, 3.63) is 0 Å². The van der Waals surface area contributed by atoms with E-state index in [-0.39, 0.29) is 18.5 Å². The predicted molar refractivity (Wildman–Crippen MR) is 95.7 cm³/mol. The van der Waals surface area contributed by atoms with Crippen LogP contribution >= 0.6 is 0 Å². The van der Waals surface area contributed by atoms with Crippen molar-refractivity contribution in [2.75, 3.05) is 6.61 Å². The lowest BCUT2D eigenvalue weighted by molar-refractivity contribution is 0.0478. The van der Waals surface area contributed by atoms with Crippen molar-refractivity contribution in [1.82, 2.24) is 0 Å². The van der Waals surface area contributed by atoms with E-state index in [0.717, 1.165) is 25.9 Å². The van der Waals surface area contributed by atoms with Crippen molar-refractivity contribution in [2.24, 2.45) is 5.92 Å². The molecule has 142 valence electrons. The van der Waals surface area contributed by atoms with Gasteiger partial charge in [-0.15, -0.1) is 0 Å². The maximum Gasteiger partial charge on any atom is 0.184 e. The molecule has 0 aliphatic carbocycles. The Morgan fingerprint density at radius 3 is 2.08 bits per heavy atom. The van der Waals surface area contributed by atoms with Crippen LogP contribution in [0.25, 0.3) is 0 Å². The average molecular weight is 343 g/mol. The summed E-state index contributed by atoms with van der Waals surface area (Å²) in [4.78, 5) is 0. The number of aliphatic hydroxyl groups excluding tert-OH is 1. The average Bonchev–Trinajstić information content (AvgIpc) is 3.48. The van der Waals surface area contributed by atoms with E-state index in [1.807, 2.05) is 0 Å². The molecule has 4 nitrogen and oxygen atoms in total. The van der Waals surface area contributed by atoms with E-state index in [0.29, 0.717) is 5.92 Å². The summed E-state index contributed by atoms with van der Waals surface area (Å²) in [6, 6.07) is 0. The summed E-state index contributed by atoms with van der Waals surface area (Å²) in [5.41, 5.74) is 0. The number of ether oxygens (including phenoxy) is 3. The molecule has 5 atom stereocenters. The fourth-order valence-electron chi connectivity index (χ4n) is 3.39. The highest BCUT2D eigenvalue weighted by molar-refractivity contribution is 4.84. The van der Waals surface area contributed by atoms with Gasteiger partial charge in [-0.25, -0.2) is 0 Å². The zero-order valence-electron chi connectivity index (χ0n) is 15.8.